The predicted molar refractivity (Wildman–Crippen MR) is 80.4 cm³/mol. The topological polar surface area (TPSA) is 80.3 Å². The summed E-state index contributed by atoms with van der Waals surface area (Å²) in [6, 6.07) is 3.08. The minimum absolute atomic E-state index is 0.225. The normalized spacial score (nSPS) is 10.9. The van der Waals surface area contributed by atoms with Gasteiger partial charge in [0.05, 0.1) is 0 Å². The van der Waals surface area contributed by atoms with Crippen LogP contribution in [0.5, 0.6) is 0 Å². The molecule has 116 valence electrons. The third-order valence-electron chi connectivity index (χ3n) is 2.30. The van der Waals surface area contributed by atoms with E-state index in [0.717, 1.165) is 0 Å². The second kappa shape index (κ2) is 7.83. The van der Waals surface area contributed by atoms with Crippen LogP contribution in [0, 0.1) is 0 Å². The van der Waals surface area contributed by atoms with Crippen molar-refractivity contribution in [2.45, 2.75) is 32.8 Å². The average Bonchev–Trinajstić information content (AvgIpc) is 2.36. The molecule has 0 unspecified atom stereocenters. The Bertz CT molecular complexity index is 500. The van der Waals surface area contributed by atoms with Gasteiger partial charge < -0.3 is 15.4 Å². The third-order valence-corrected chi connectivity index (χ3v) is 2.50. The molecule has 0 bridgehead atoms. The van der Waals surface area contributed by atoms with Crippen molar-refractivity contribution in [3.63, 3.8) is 0 Å². The lowest BCUT2D eigenvalue weighted by molar-refractivity contribution is 0.0527. The monoisotopic (exact) mass is 313 g/mol. The Balaban J connectivity index is 2.20. The van der Waals surface area contributed by atoms with Crippen LogP contribution in [-0.4, -0.2) is 35.7 Å². The summed E-state index contributed by atoms with van der Waals surface area (Å²) in [6.07, 6.45) is 1.61. The molecule has 0 aromatic carbocycles. The maximum absolute atomic E-state index is 11.8. The van der Waals surface area contributed by atoms with Crippen LogP contribution >= 0.6 is 11.6 Å². The fourth-order valence-corrected chi connectivity index (χ4v) is 1.61. The first kappa shape index (κ1) is 17.2. The molecule has 0 saturated heterocycles. The summed E-state index contributed by atoms with van der Waals surface area (Å²) in [6.45, 7) is 6.26. The first-order valence-electron chi connectivity index (χ1n) is 6.64. The molecule has 1 aromatic heterocycles. The Hall–Kier alpha value is -1.82. The molecule has 0 atom stereocenters. The molecule has 1 rings (SSSR count). The molecule has 0 saturated carbocycles. The van der Waals surface area contributed by atoms with Crippen LogP contribution in [0.1, 0.15) is 37.6 Å². The molecular formula is C14H20ClN3O3. The van der Waals surface area contributed by atoms with Crippen molar-refractivity contribution in [3.8, 4) is 0 Å². The number of amides is 2. The minimum Gasteiger partial charge on any atom is -0.444 e. The van der Waals surface area contributed by atoms with E-state index in [2.05, 4.69) is 15.6 Å². The zero-order chi connectivity index (χ0) is 15.9. The van der Waals surface area contributed by atoms with Crippen LogP contribution in [0.4, 0.5) is 4.79 Å². The van der Waals surface area contributed by atoms with Crippen molar-refractivity contribution < 1.29 is 14.3 Å². The second-order valence-electron chi connectivity index (χ2n) is 5.41. The van der Waals surface area contributed by atoms with Crippen molar-refractivity contribution in [2.75, 3.05) is 13.1 Å². The van der Waals surface area contributed by atoms with Gasteiger partial charge in [-0.1, -0.05) is 11.6 Å². The highest BCUT2D eigenvalue weighted by Crippen LogP contribution is 2.07. The standard InChI is InChI=1S/C14H20ClN3O3/c1-14(2,3)21-13(20)18-7-4-6-17-12(19)10-5-8-16-11(15)9-10/h5,8-9H,4,6-7H2,1-3H3,(H,17,19)(H,18,20). The Morgan fingerprint density at radius 3 is 2.57 bits per heavy atom. The van der Waals surface area contributed by atoms with E-state index >= 15 is 0 Å². The van der Waals surface area contributed by atoms with Crippen molar-refractivity contribution in [1.82, 2.24) is 15.6 Å². The maximum atomic E-state index is 11.8. The van der Waals surface area contributed by atoms with E-state index in [1.807, 2.05) is 0 Å². The molecule has 0 fully saturated rings. The first-order valence-corrected chi connectivity index (χ1v) is 7.02. The smallest absolute Gasteiger partial charge is 0.407 e. The molecule has 0 aliphatic heterocycles. The summed E-state index contributed by atoms with van der Waals surface area (Å²) in [5.41, 5.74) is -0.0612. The lowest BCUT2D eigenvalue weighted by Crippen LogP contribution is -2.34. The van der Waals surface area contributed by atoms with Gasteiger partial charge in [-0.2, -0.15) is 0 Å². The molecule has 0 radical (unpaired) electrons. The number of aromatic nitrogens is 1. The van der Waals surface area contributed by atoms with Crippen LogP contribution in [0.25, 0.3) is 0 Å². The Labute approximate surface area is 129 Å². The van der Waals surface area contributed by atoms with Gasteiger partial charge in [0.2, 0.25) is 0 Å². The first-order chi connectivity index (χ1) is 9.78. The van der Waals surface area contributed by atoms with Gasteiger partial charge in [-0.25, -0.2) is 9.78 Å². The van der Waals surface area contributed by atoms with E-state index in [0.29, 0.717) is 25.1 Å². The van der Waals surface area contributed by atoms with Gasteiger partial charge in [0.1, 0.15) is 10.8 Å². The van der Waals surface area contributed by atoms with Gasteiger partial charge in [0.25, 0.3) is 5.91 Å². The number of alkyl carbamates (subject to hydrolysis) is 1. The minimum atomic E-state index is -0.515. The number of rotatable bonds is 5. The highest BCUT2D eigenvalue weighted by atomic mass is 35.5. The SMILES string of the molecule is CC(C)(C)OC(=O)NCCCNC(=O)c1ccnc(Cl)c1. The molecule has 0 aliphatic carbocycles. The van der Waals surface area contributed by atoms with E-state index in [9.17, 15) is 9.59 Å². The van der Waals surface area contributed by atoms with E-state index in [-0.39, 0.29) is 11.1 Å². The summed E-state index contributed by atoms with van der Waals surface area (Å²) in [5.74, 6) is -0.225. The number of nitrogens with zero attached hydrogens (tertiary/aromatic N) is 1. The van der Waals surface area contributed by atoms with Crippen LogP contribution in [-0.2, 0) is 4.74 Å². The molecule has 1 aromatic rings. The zero-order valence-electron chi connectivity index (χ0n) is 12.4. The second-order valence-corrected chi connectivity index (χ2v) is 5.79. The largest absolute Gasteiger partial charge is 0.444 e. The van der Waals surface area contributed by atoms with Crippen LogP contribution < -0.4 is 10.6 Å². The zero-order valence-corrected chi connectivity index (χ0v) is 13.2. The van der Waals surface area contributed by atoms with E-state index in [1.165, 1.54) is 12.3 Å². The van der Waals surface area contributed by atoms with Gasteiger partial charge in [-0.3, -0.25) is 4.79 Å². The van der Waals surface area contributed by atoms with Crippen molar-refractivity contribution in [3.05, 3.63) is 29.0 Å². The summed E-state index contributed by atoms with van der Waals surface area (Å²) in [7, 11) is 0. The summed E-state index contributed by atoms with van der Waals surface area (Å²) in [4.78, 5) is 26.9. The maximum Gasteiger partial charge on any atom is 0.407 e. The van der Waals surface area contributed by atoms with Crippen LogP contribution in [0.2, 0.25) is 5.15 Å². The Kier molecular flexibility index (Phi) is 6.42. The highest BCUT2D eigenvalue weighted by Gasteiger charge is 2.15. The van der Waals surface area contributed by atoms with Crippen molar-refractivity contribution >= 4 is 23.6 Å². The van der Waals surface area contributed by atoms with Crippen LogP contribution in [0.3, 0.4) is 0 Å². The number of carbonyl (C=O) groups excluding carboxylic acids is 2. The molecule has 2 amide bonds. The third kappa shape index (κ3) is 7.51. The number of ether oxygens (including phenoxy) is 1. The average molecular weight is 314 g/mol. The van der Waals surface area contributed by atoms with Gasteiger partial charge >= 0.3 is 6.09 Å². The van der Waals surface area contributed by atoms with Gasteiger partial charge in [-0.15, -0.1) is 0 Å². The molecule has 0 aliphatic rings. The number of halogens is 1. The number of hydrogen-bond acceptors (Lipinski definition) is 4. The lowest BCUT2D eigenvalue weighted by atomic mass is 10.2. The molecular weight excluding hydrogens is 294 g/mol. The number of hydrogen-bond donors (Lipinski definition) is 2. The van der Waals surface area contributed by atoms with Crippen molar-refractivity contribution in [2.24, 2.45) is 0 Å². The van der Waals surface area contributed by atoms with Gasteiger partial charge in [0.15, 0.2) is 0 Å². The Morgan fingerprint density at radius 1 is 1.29 bits per heavy atom. The predicted octanol–water partition coefficient (Wildman–Crippen LogP) is 2.38. The van der Waals surface area contributed by atoms with Crippen LogP contribution in [0.15, 0.2) is 18.3 Å². The fourth-order valence-electron chi connectivity index (χ4n) is 1.44. The van der Waals surface area contributed by atoms with Crippen molar-refractivity contribution in [1.29, 1.82) is 0 Å². The summed E-state index contributed by atoms with van der Waals surface area (Å²) in [5, 5.41) is 5.62. The fraction of sp³-hybridized carbons (Fsp3) is 0.500. The van der Waals surface area contributed by atoms with E-state index in [1.54, 1.807) is 26.8 Å². The molecule has 6 nitrogen and oxygen atoms in total. The number of nitrogens with one attached hydrogen (secondary N) is 2. The summed E-state index contributed by atoms with van der Waals surface area (Å²) < 4.78 is 5.09. The lowest BCUT2D eigenvalue weighted by Gasteiger charge is -2.19. The Morgan fingerprint density at radius 2 is 1.95 bits per heavy atom. The molecule has 7 heteroatoms. The number of pyridine rings is 1. The van der Waals surface area contributed by atoms with Gasteiger partial charge in [0, 0.05) is 24.8 Å². The highest BCUT2D eigenvalue weighted by molar-refractivity contribution is 6.29. The molecule has 2 N–H and O–H groups in total. The molecule has 1 heterocycles. The molecule has 0 spiro atoms. The van der Waals surface area contributed by atoms with Gasteiger partial charge in [-0.05, 0) is 39.3 Å². The number of carbonyl (C=O) groups is 2. The van der Waals surface area contributed by atoms with E-state index in [4.69, 9.17) is 16.3 Å². The van der Waals surface area contributed by atoms with E-state index < -0.39 is 11.7 Å². The molecule has 21 heavy (non-hydrogen) atoms. The quantitative estimate of drug-likeness (QED) is 0.646. The summed E-state index contributed by atoms with van der Waals surface area (Å²) >= 11 is 5.71.